The molecule has 6 nitrogen and oxygen atoms in total. The minimum Gasteiger partial charge on any atom is -0.486 e. The third kappa shape index (κ3) is 4.07. The van der Waals surface area contributed by atoms with E-state index in [1.54, 1.807) is 20.1 Å². The molecule has 2 N–H and O–H groups in total. The lowest BCUT2D eigenvalue weighted by atomic mass is 9.95. The molecule has 2 heterocycles. The lowest BCUT2D eigenvalue weighted by Crippen LogP contribution is -2.31. The molecule has 0 aliphatic carbocycles. The van der Waals surface area contributed by atoms with Gasteiger partial charge in [-0.1, -0.05) is 19.1 Å². The van der Waals surface area contributed by atoms with E-state index in [0.717, 1.165) is 35.5 Å². The monoisotopic (exact) mass is 358 g/mol. The number of carboxylic acids is 1. The van der Waals surface area contributed by atoms with Crippen LogP contribution in [0.5, 0.6) is 5.75 Å². The summed E-state index contributed by atoms with van der Waals surface area (Å²) in [6, 6.07) is 6.12. The van der Waals surface area contributed by atoms with Crippen LogP contribution in [-0.2, 0) is 9.53 Å². The smallest absolute Gasteiger partial charge is 0.311 e. The summed E-state index contributed by atoms with van der Waals surface area (Å²) in [6.07, 6.45) is 5.30. The second-order valence-electron chi connectivity index (χ2n) is 7.37. The Morgan fingerprint density at radius 1 is 1.46 bits per heavy atom. The van der Waals surface area contributed by atoms with E-state index >= 15 is 0 Å². The molecule has 1 aromatic carbocycles. The van der Waals surface area contributed by atoms with Gasteiger partial charge in [-0.3, -0.25) is 9.79 Å². The standard InChI is InChI=1S/C20H26N2O4/c1-4-15-11-21-16-7-5-13(9-17(16)26-15)14-6-8-18(22-10-14)25-12-20(2,3)19(23)24/h5-7,9-10,15,18,21H,4,8,11-12H2,1-3H3,(H,23,24). The summed E-state index contributed by atoms with van der Waals surface area (Å²) in [5, 5.41) is 12.5. The van der Waals surface area contributed by atoms with Crippen LogP contribution in [-0.4, -0.2) is 42.8 Å². The SMILES string of the molecule is CCC1CNc2ccc(C3=CCC(OCC(C)(C)C(=O)O)N=C3)cc2O1. The Morgan fingerprint density at radius 3 is 2.92 bits per heavy atom. The van der Waals surface area contributed by atoms with Crippen molar-refractivity contribution in [2.45, 2.75) is 45.9 Å². The van der Waals surface area contributed by atoms with E-state index in [0.29, 0.717) is 6.42 Å². The number of nitrogens with one attached hydrogen (secondary N) is 1. The minimum atomic E-state index is -0.918. The van der Waals surface area contributed by atoms with Crippen LogP contribution in [0.15, 0.2) is 29.3 Å². The summed E-state index contributed by atoms with van der Waals surface area (Å²) in [6.45, 7) is 6.37. The van der Waals surface area contributed by atoms with Crippen molar-refractivity contribution in [3.05, 3.63) is 29.8 Å². The number of benzene rings is 1. The van der Waals surface area contributed by atoms with Crippen LogP contribution in [0.4, 0.5) is 5.69 Å². The Morgan fingerprint density at radius 2 is 2.27 bits per heavy atom. The van der Waals surface area contributed by atoms with Gasteiger partial charge >= 0.3 is 5.97 Å². The van der Waals surface area contributed by atoms with Crippen molar-refractivity contribution in [1.82, 2.24) is 0 Å². The largest absolute Gasteiger partial charge is 0.486 e. The van der Waals surface area contributed by atoms with E-state index in [1.807, 2.05) is 18.2 Å². The molecule has 0 saturated carbocycles. The number of hydrogen-bond acceptors (Lipinski definition) is 5. The second kappa shape index (κ2) is 7.50. The summed E-state index contributed by atoms with van der Waals surface area (Å²) in [5.41, 5.74) is 2.17. The Balaban J connectivity index is 1.63. The van der Waals surface area contributed by atoms with E-state index in [1.165, 1.54) is 0 Å². The van der Waals surface area contributed by atoms with Crippen LogP contribution >= 0.6 is 0 Å². The molecule has 0 spiro atoms. The van der Waals surface area contributed by atoms with Crippen molar-refractivity contribution in [2.24, 2.45) is 10.4 Å². The maximum absolute atomic E-state index is 11.1. The molecule has 0 saturated heterocycles. The van der Waals surface area contributed by atoms with Crippen LogP contribution in [0, 0.1) is 5.41 Å². The van der Waals surface area contributed by atoms with Crippen molar-refractivity contribution in [3.63, 3.8) is 0 Å². The molecule has 2 aliphatic heterocycles. The summed E-state index contributed by atoms with van der Waals surface area (Å²) < 4.78 is 11.7. The fraction of sp³-hybridized carbons (Fsp3) is 0.500. The fourth-order valence-corrected chi connectivity index (χ4v) is 2.79. The second-order valence-corrected chi connectivity index (χ2v) is 7.37. The number of carbonyl (C=O) groups is 1. The number of allylic oxidation sites excluding steroid dienone is 1. The number of aliphatic imine (C=N–C) groups is 1. The molecule has 0 amide bonds. The van der Waals surface area contributed by atoms with Crippen LogP contribution in [0.2, 0.25) is 0 Å². The maximum atomic E-state index is 11.1. The number of hydrogen-bond donors (Lipinski definition) is 2. The van der Waals surface area contributed by atoms with Gasteiger partial charge in [0.1, 0.15) is 11.9 Å². The number of fused-ring (bicyclic) bond motifs is 1. The number of carboxylic acid groups (broad SMARTS) is 1. The van der Waals surface area contributed by atoms with Crippen LogP contribution in [0.25, 0.3) is 5.57 Å². The fourth-order valence-electron chi connectivity index (χ4n) is 2.79. The summed E-state index contributed by atoms with van der Waals surface area (Å²) in [5.74, 6) is -0.00180. The average Bonchev–Trinajstić information content (AvgIpc) is 2.65. The van der Waals surface area contributed by atoms with E-state index in [4.69, 9.17) is 14.6 Å². The molecular weight excluding hydrogens is 332 g/mol. The molecule has 0 bridgehead atoms. The molecule has 26 heavy (non-hydrogen) atoms. The summed E-state index contributed by atoms with van der Waals surface area (Å²) in [7, 11) is 0. The van der Waals surface area contributed by atoms with Crippen LogP contribution < -0.4 is 10.1 Å². The molecule has 2 unspecified atom stereocenters. The molecule has 3 rings (SSSR count). The van der Waals surface area contributed by atoms with Crippen molar-refractivity contribution >= 4 is 23.4 Å². The Hall–Kier alpha value is -2.34. The van der Waals surface area contributed by atoms with Crippen molar-refractivity contribution in [1.29, 1.82) is 0 Å². The van der Waals surface area contributed by atoms with Gasteiger partial charge < -0.3 is 19.9 Å². The lowest BCUT2D eigenvalue weighted by molar-refractivity contribution is -0.151. The molecule has 2 aliphatic rings. The first kappa shape index (κ1) is 18.5. The minimum absolute atomic E-state index is 0.129. The van der Waals surface area contributed by atoms with Crippen LogP contribution in [0.3, 0.4) is 0 Å². The number of dihydropyridines is 1. The predicted octanol–water partition coefficient (Wildman–Crippen LogP) is 3.58. The van der Waals surface area contributed by atoms with Gasteiger partial charge in [-0.15, -0.1) is 0 Å². The Bertz CT molecular complexity index is 739. The van der Waals surface area contributed by atoms with Gasteiger partial charge in [-0.2, -0.15) is 0 Å². The topological polar surface area (TPSA) is 80.2 Å². The first-order chi connectivity index (χ1) is 12.4. The predicted molar refractivity (Wildman–Crippen MR) is 102 cm³/mol. The van der Waals surface area contributed by atoms with Crippen LogP contribution in [0.1, 0.15) is 39.2 Å². The molecule has 2 atom stereocenters. The number of nitrogens with zero attached hydrogens (tertiary/aromatic N) is 1. The van der Waals surface area contributed by atoms with Gasteiger partial charge in [0.05, 0.1) is 24.3 Å². The maximum Gasteiger partial charge on any atom is 0.311 e. The Kier molecular flexibility index (Phi) is 5.32. The molecule has 0 radical (unpaired) electrons. The quantitative estimate of drug-likeness (QED) is 0.812. The van der Waals surface area contributed by atoms with Crippen molar-refractivity contribution in [3.8, 4) is 5.75 Å². The lowest BCUT2D eigenvalue weighted by Gasteiger charge is -2.27. The van der Waals surface area contributed by atoms with Gasteiger partial charge in [0.15, 0.2) is 6.23 Å². The molecule has 140 valence electrons. The average molecular weight is 358 g/mol. The van der Waals surface area contributed by atoms with Gasteiger partial charge in [0, 0.05) is 12.6 Å². The summed E-state index contributed by atoms with van der Waals surface area (Å²) >= 11 is 0. The van der Waals surface area contributed by atoms with Gasteiger partial charge in [-0.25, -0.2) is 0 Å². The number of rotatable bonds is 6. The molecule has 0 fully saturated rings. The molecule has 0 aromatic heterocycles. The number of aliphatic carboxylic acids is 1. The normalized spacial score (nSPS) is 22.0. The van der Waals surface area contributed by atoms with E-state index in [9.17, 15) is 4.79 Å². The highest BCUT2D eigenvalue weighted by Crippen LogP contribution is 2.33. The van der Waals surface area contributed by atoms with Gasteiger partial charge in [-0.05, 0) is 43.5 Å². The highest BCUT2D eigenvalue weighted by molar-refractivity contribution is 6.10. The number of ether oxygens (including phenoxy) is 2. The number of anilines is 1. The van der Waals surface area contributed by atoms with Gasteiger partial charge in [0.25, 0.3) is 0 Å². The van der Waals surface area contributed by atoms with Gasteiger partial charge in [0.2, 0.25) is 0 Å². The first-order valence-electron chi connectivity index (χ1n) is 9.02. The molecular formula is C20H26N2O4. The third-order valence-corrected chi connectivity index (χ3v) is 4.72. The first-order valence-corrected chi connectivity index (χ1v) is 9.02. The van der Waals surface area contributed by atoms with E-state index in [-0.39, 0.29) is 18.9 Å². The molecule has 1 aromatic rings. The zero-order valence-electron chi connectivity index (χ0n) is 15.5. The highest BCUT2D eigenvalue weighted by Gasteiger charge is 2.29. The van der Waals surface area contributed by atoms with Crippen molar-refractivity contribution in [2.75, 3.05) is 18.5 Å². The third-order valence-electron chi connectivity index (χ3n) is 4.72. The van der Waals surface area contributed by atoms with Crippen molar-refractivity contribution < 1.29 is 19.4 Å². The van der Waals surface area contributed by atoms with E-state index < -0.39 is 11.4 Å². The Labute approximate surface area is 153 Å². The van der Waals surface area contributed by atoms with E-state index in [2.05, 4.69) is 23.3 Å². The highest BCUT2D eigenvalue weighted by atomic mass is 16.5. The summed E-state index contributed by atoms with van der Waals surface area (Å²) in [4.78, 5) is 15.6. The zero-order valence-corrected chi connectivity index (χ0v) is 15.5. The molecule has 6 heteroatoms. The zero-order chi connectivity index (χ0) is 18.7.